The summed E-state index contributed by atoms with van der Waals surface area (Å²) in [4.78, 5) is 14.2. The first kappa shape index (κ1) is 13.6. The number of aliphatic hydroxyl groups is 1. The lowest BCUT2D eigenvalue weighted by atomic mass is 9.92. The van der Waals surface area contributed by atoms with Crippen molar-refractivity contribution in [2.45, 2.75) is 58.1 Å². The second-order valence-electron chi connectivity index (χ2n) is 5.00. The van der Waals surface area contributed by atoms with E-state index in [9.17, 15) is 9.90 Å². The number of amides is 1. The van der Waals surface area contributed by atoms with Crippen LogP contribution >= 0.6 is 11.3 Å². The zero-order chi connectivity index (χ0) is 13.1. The van der Waals surface area contributed by atoms with E-state index in [-0.39, 0.29) is 18.1 Å². The lowest BCUT2D eigenvalue weighted by Crippen LogP contribution is -2.44. The Morgan fingerprint density at radius 3 is 2.83 bits per heavy atom. The first-order valence-corrected chi connectivity index (χ1v) is 7.51. The quantitative estimate of drug-likeness (QED) is 0.884. The van der Waals surface area contributed by atoms with Gasteiger partial charge in [0, 0.05) is 4.88 Å². The molecule has 0 aliphatic heterocycles. The molecule has 0 unspecified atom stereocenters. The monoisotopic (exact) mass is 267 g/mol. The smallest absolute Gasteiger partial charge is 0.261 e. The number of aliphatic hydroxyl groups excluding tert-OH is 1. The Morgan fingerprint density at radius 1 is 1.50 bits per heavy atom. The molecule has 1 heterocycles. The van der Waals surface area contributed by atoms with E-state index >= 15 is 0 Å². The number of hydrogen-bond acceptors (Lipinski definition) is 3. The van der Waals surface area contributed by atoms with E-state index in [1.165, 1.54) is 10.4 Å². The molecule has 100 valence electrons. The number of nitrogens with one attached hydrogen (secondary N) is 1. The van der Waals surface area contributed by atoms with Gasteiger partial charge in [-0.25, -0.2) is 0 Å². The van der Waals surface area contributed by atoms with Crippen molar-refractivity contribution in [2.75, 3.05) is 0 Å². The summed E-state index contributed by atoms with van der Waals surface area (Å²) in [6.45, 7) is 4.15. The lowest BCUT2D eigenvalue weighted by Gasteiger charge is -2.28. The number of carbonyl (C=O) groups excluding carboxylic acids is 1. The summed E-state index contributed by atoms with van der Waals surface area (Å²) in [6.07, 6.45) is 4.43. The molecule has 0 radical (unpaired) electrons. The molecule has 0 bridgehead atoms. The molecule has 1 amide bonds. The van der Waals surface area contributed by atoms with E-state index in [4.69, 9.17) is 0 Å². The maximum Gasteiger partial charge on any atom is 0.261 e. The van der Waals surface area contributed by atoms with Crippen molar-refractivity contribution < 1.29 is 9.90 Å². The molecule has 1 aliphatic carbocycles. The van der Waals surface area contributed by atoms with Crippen molar-refractivity contribution in [3.05, 3.63) is 21.4 Å². The van der Waals surface area contributed by atoms with Gasteiger partial charge in [-0.05, 0) is 37.8 Å². The predicted octanol–water partition coefficient (Wildman–Crippen LogP) is 2.65. The van der Waals surface area contributed by atoms with Crippen LogP contribution in [0.2, 0.25) is 0 Å². The summed E-state index contributed by atoms with van der Waals surface area (Å²) in [6, 6.07) is 1.88. The van der Waals surface area contributed by atoms with E-state index < -0.39 is 0 Å². The van der Waals surface area contributed by atoms with Gasteiger partial charge in [-0.3, -0.25) is 4.79 Å². The van der Waals surface area contributed by atoms with Gasteiger partial charge in [0.25, 0.3) is 5.91 Å². The molecule has 1 aliphatic rings. The second-order valence-corrected chi connectivity index (χ2v) is 6.14. The van der Waals surface area contributed by atoms with Crippen LogP contribution in [0.25, 0.3) is 0 Å². The van der Waals surface area contributed by atoms with Crippen LogP contribution in [0.5, 0.6) is 0 Å². The predicted molar refractivity (Wildman–Crippen MR) is 74.2 cm³/mol. The maximum absolute atomic E-state index is 12.1. The molecule has 0 spiro atoms. The van der Waals surface area contributed by atoms with Crippen LogP contribution < -0.4 is 5.32 Å². The van der Waals surface area contributed by atoms with Crippen LogP contribution in [0.15, 0.2) is 6.07 Å². The van der Waals surface area contributed by atoms with Gasteiger partial charge < -0.3 is 10.4 Å². The summed E-state index contributed by atoms with van der Waals surface area (Å²) in [5.41, 5.74) is 1.19. The van der Waals surface area contributed by atoms with Crippen LogP contribution in [-0.2, 0) is 6.42 Å². The van der Waals surface area contributed by atoms with Crippen molar-refractivity contribution in [3.8, 4) is 0 Å². The van der Waals surface area contributed by atoms with Crippen LogP contribution in [0.4, 0.5) is 0 Å². The SMILES string of the molecule is CCc1sc(C(=O)N[C@@H]2CCCC[C@H]2O)cc1C. The minimum Gasteiger partial charge on any atom is -0.391 e. The van der Waals surface area contributed by atoms with Gasteiger partial charge in [0.2, 0.25) is 0 Å². The minimum atomic E-state index is -0.380. The molecule has 3 nitrogen and oxygen atoms in total. The molecule has 4 heteroatoms. The molecular weight excluding hydrogens is 246 g/mol. The first-order valence-electron chi connectivity index (χ1n) is 6.70. The molecule has 2 N–H and O–H groups in total. The summed E-state index contributed by atoms with van der Waals surface area (Å²) >= 11 is 1.56. The fourth-order valence-corrected chi connectivity index (χ4v) is 3.52. The number of hydrogen-bond donors (Lipinski definition) is 2. The zero-order valence-electron chi connectivity index (χ0n) is 11.0. The maximum atomic E-state index is 12.1. The largest absolute Gasteiger partial charge is 0.391 e. The number of carbonyl (C=O) groups is 1. The van der Waals surface area contributed by atoms with Crippen LogP contribution in [-0.4, -0.2) is 23.2 Å². The van der Waals surface area contributed by atoms with Gasteiger partial charge >= 0.3 is 0 Å². The van der Waals surface area contributed by atoms with E-state index in [1.807, 2.05) is 13.0 Å². The van der Waals surface area contributed by atoms with Crippen LogP contribution in [0, 0.1) is 6.92 Å². The highest BCUT2D eigenvalue weighted by molar-refractivity contribution is 7.14. The highest BCUT2D eigenvalue weighted by Crippen LogP contribution is 2.23. The lowest BCUT2D eigenvalue weighted by molar-refractivity contribution is 0.0720. The van der Waals surface area contributed by atoms with Crippen molar-refractivity contribution in [1.82, 2.24) is 5.32 Å². The summed E-state index contributed by atoms with van der Waals surface area (Å²) in [5, 5.41) is 12.8. The molecule has 0 saturated heterocycles. The Morgan fingerprint density at radius 2 is 2.22 bits per heavy atom. The van der Waals surface area contributed by atoms with Gasteiger partial charge in [-0.1, -0.05) is 19.8 Å². The average molecular weight is 267 g/mol. The van der Waals surface area contributed by atoms with Gasteiger partial charge in [0.05, 0.1) is 17.0 Å². The number of rotatable bonds is 3. The summed E-state index contributed by atoms with van der Waals surface area (Å²) < 4.78 is 0. The zero-order valence-corrected chi connectivity index (χ0v) is 11.8. The van der Waals surface area contributed by atoms with E-state index in [0.29, 0.717) is 0 Å². The second kappa shape index (κ2) is 5.85. The Balaban J connectivity index is 2.02. The van der Waals surface area contributed by atoms with Gasteiger partial charge in [-0.15, -0.1) is 11.3 Å². The highest BCUT2D eigenvalue weighted by atomic mass is 32.1. The average Bonchev–Trinajstić information content (AvgIpc) is 2.73. The van der Waals surface area contributed by atoms with Gasteiger partial charge in [0.1, 0.15) is 0 Å². The molecule has 18 heavy (non-hydrogen) atoms. The number of thiophene rings is 1. The van der Waals surface area contributed by atoms with Gasteiger partial charge in [0.15, 0.2) is 0 Å². The Bertz CT molecular complexity index is 427. The summed E-state index contributed by atoms with van der Waals surface area (Å²) in [5.74, 6) is -0.0336. The molecule has 1 aromatic heterocycles. The third-order valence-electron chi connectivity index (χ3n) is 3.61. The Kier molecular flexibility index (Phi) is 4.40. The van der Waals surface area contributed by atoms with E-state index in [2.05, 4.69) is 12.2 Å². The van der Waals surface area contributed by atoms with Gasteiger partial charge in [-0.2, -0.15) is 0 Å². The third kappa shape index (κ3) is 2.93. The molecular formula is C14H21NO2S. The highest BCUT2D eigenvalue weighted by Gasteiger charge is 2.25. The molecule has 0 aromatic carbocycles. The minimum absolute atomic E-state index is 0.0336. The van der Waals surface area contributed by atoms with Crippen molar-refractivity contribution in [2.24, 2.45) is 0 Å². The normalized spacial score (nSPS) is 23.9. The van der Waals surface area contributed by atoms with E-state index in [1.54, 1.807) is 11.3 Å². The van der Waals surface area contributed by atoms with Crippen molar-refractivity contribution in [3.63, 3.8) is 0 Å². The third-order valence-corrected chi connectivity index (χ3v) is 4.99. The van der Waals surface area contributed by atoms with Crippen molar-refractivity contribution >= 4 is 17.2 Å². The van der Waals surface area contributed by atoms with Crippen LogP contribution in [0.1, 0.15) is 52.7 Å². The molecule has 1 aromatic rings. The molecule has 2 rings (SSSR count). The number of aryl methyl sites for hydroxylation is 2. The summed E-state index contributed by atoms with van der Waals surface area (Å²) in [7, 11) is 0. The molecule has 1 fully saturated rings. The van der Waals surface area contributed by atoms with Crippen LogP contribution in [0.3, 0.4) is 0 Å². The van der Waals surface area contributed by atoms with Crippen molar-refractivity contribution in [1.29, 1.82) is 0 Å². The Labute approximate surface area is 112 Å². The Hall–Kier alpha value is -0.870. The fourth-order valence-electron chi connectivity index (χ4n) is 2.50. The molecule has 2 atom stereocenters. The standard InChI is InChI=1S/C14H21NO2S/c1-3-12-9(2)8-13(18-12)14(17)15-10-6-4-5-7-11(10)16/h8,10-11,16H,3-7H2,1-2H3,(H,15,17)/t10-,11-/m1/s1. The molecule has 1 saturated carbocycles. The fraction of sp³-hybridized carbons (Fsp3) is 0.643. The topological polar surface area (TPSA) is 49.3 Å². The van der Waals surface area contributed by atoms with E-state index in [0.717, 1.165) is 37.0 Å². The first-order chi connectivity index (χ1) is 8.61.